The second-order valence-corrected chi connectivity index (χ2v) is 3.74. The third kappa shape index (κ3) is 1.81. The standard InChI is InChI=1S/C12H14N2O/c13-9-11-4-1-3-10-5-7-14(12(10)11)6-2-8-15/h1,3-4,15H,2,5-8H2. The van der Waals surface area contributed by atoms with Crippen molar-refractivity contribution in [3.63, 3.8) is 0 Å². The van der Waals surface area contributed by atoms with Crippen molar-refractivity contribution in [1.82, 2.24) is 0 Å². The first-order valence-corrected chi connectivity index (χ1v) is 5.24. The first-order chi connectivity index (χ1) is 7.36. The Morgan fingerprint density at radius 3 is 3.07 bits per heavy atom. The predicted octanol–water partition coefficient (Wildman–Crippen LogP) is 1.30. The van der Waals surface area contributed by atoms with E-state index in [1.54, 1.807) is 0 Å². The van der Waals surface area contributed by atoms with Crippen molar-refractivity contribution in [3.8, 4) is 6.07 Å². The summed E-state index contributed by atoms with van der Waals surface area (Å²) in [6, 6.07) is 8.10. The van der Waals surface area contributed by atoms with Gasteiger partial charge in [-0.15, -0.1) is 0 Å². The Bertz CT molecular complexity index is 395. The average Bonchev–Trinajstić information content (AvgIpc) is 2.69. The van der Waals surface area contributed by atoms with Crippen LogP contribution in [-0.2, 0) is 6.42 Å². The van der Waals surface area contributed by atoms with Crippen LogP contribution in [0.1, 0.15) is 17.5 Å². The van der Waals surface area contributed by atoms with Crippen LogP contribution in [-0.4, -0.2) is 24.8 Å². The number of fused-ring (bicyclic) bond motifs is 1. The summed E-state index contributed by atoms with van der Waals surface area (Å²) in [5.74, 6) is 0. The van der Waals surface area contributed by atoms with Crippen LogP contribution in [0.5, 0.6) is 0 Å². The highest BCUT2D eigenvalue weighted by atomic mass is 16.3. The summed E-state index contributed by atoms with van der Waals surface area (Å²) >= 11 is 0. The Labute approximate surface area is 89.6 Å². The fraction of sp³-hybridized carbons (Fsp3) is 0.417. The quantitative estimate of drug-likeness (QED) is 0.803. The highest BCUT2D eigenvalue weighted by molar-refractivity contribution is 5.67. The SMILES string of the molecule is N#Cc1cccc2c1N(CCCO)CC2. The highest BCUT2D eigenvalue weighted by Gasteiger charge is 2.21. The van der Waals surface area contributed by atoms with E-state index < -0.39 is 0 Å². The monoisotopic (exact) mass is 202 g/mol. The topological polar surface area (TPSA) is 47.3 Å². The first kappa shape index (κ1) is 10.0. The molecule has 0 unspecified atom stereocenters. The Kier molecular flexibility index (Phi) is 2.89. The summed E-state index contributed by atoms with van der Waals surface area (Å²) in [5.41, 5.74) is 3.09. The van der Waals surface area contributed by atoms with E-state index in [1.165, 1.54) is 5.56 Å². The Morgan fingerprint density at radius 2 is 2.33 bits per heavy atom. The lowest BCUT2D eigenvalue weighted by molar-refractivity contribution is 0.290. The van der Waals surface area contributed by atoms with Gasteiger partial charge < -0.3 is 10.0 Å². The summed E-state index contributed by atoms with van der Waals surface area (Å²) < 4.78 is 0. The molecular formula is C12H14N2O. The van der Waals surface area contributed by atoms with Gasteiger partial charge in [-0.05, 0) is 24.5 Å². The van der Waals surface area contributed by atoms with Crippen LogP contribution in [0.25, 0.3) is 0 Å². The van der Waals surface area contributed by atoms with E-state index in [-0.39, 0.29) is 6.61 Å². The van der Waals surface area contributed by atoms with Crippen molar-refractivity contribution >= 4 is 5.69 Å². The van der Waals surface area contributed by atoms with Crippen LogP contribution in [0, 0.1) is 11.3 Å². The first-order valence-electron chi connectivity index (χ1n) is 5.24. The zero-order chi connectivity index (χ0) is 10.7. The van der Waals surface area contributed by atoms with Gasteiger partial charge in [-0.3, -0.25) is 0 Å². The van der Waals surface area contributed by atoms with Gasteiger partial charge in [0.2, 0.25) is 0 Å². The van der Waals surface area contributed by atoms with E-state index in [4.69, 9.17) is 10.4 Å². The van der Waals surface area contributed by atoms with Gasteiger partial charge in [-0.2, -0.15) is 5.26 Å². The van der Waals surface area contributed by atoms with E-state index in [2.05, 4.69) is 17.0 Å². The number of benzene rings is 1. The summed E-state index contributed by atoms with van der Waals surface area (Å²) in [7, 11) is 0. The minimum absolute atomic E-state index is 0.209. The number of nitrogens with zero attached hydrogens (tertiary/aromatic N) is 2. The molecule has 0 saturated heterocycles. The van der Waals surface area contributed by atoms with Crippen molar-refractivity contribution < 1.29 is 5.11 Å². The third-order valence-corrected chi connectivity index (χ3v) is 2.79. The van der Waals surface area contributed by atoms with Gasteiger partial charge in [0, 0.05) is 19.7 Å². The smallest absolute Gasteiger partial charge is 0.101 e. The van der Waals surface area contributed by atoms with Gasteiger partial charge in [0.15, 0.2) is 0 Å². The molecule has 0 amide bonds. The average molecular weight is 202 g/mol. The minimum Gasteiger partial charge on any atom is -0.396 e. The van der Waals surface area contributed by atoms with Crippen LogP contribution in [0.3, 0.4) is 0 Å². The third-order valence-electron chi connectivity index (χ3n) is 2.79. The van der Waals surface area contributed by atoms with Gasteiger partial charge >= 0.3 is 0 Å². The van der Waals surface area contributed by atoms with E-state index >= 15 is 0 Å². The lowest BCUT2D eigenvalue weighted by Gasteiger charge is -2.19. The molecule has 3 heteroatoms. The molecule has 0 bridgehead atoms. The second-order valence-electron chi connectivity index (χ2n) is 3.74. The second kappa shape index (κ2) is 4.33. The minimum atomic E-state index is 0.209. The molecule has 0 spiro atoms. The van der Waals surface area contributed by atoms with Crippen molar-refractivity contribution in [2.45, 2.75) is 12.8 Å². The van der Waals surface area contributed by atoms with Crippen molar-refractivity contribution in [1.29, 1.82) is 5.26 Å². The molecule has 0 radical (unpaired) electrons. The maximum atomic E-state index is 9.02. The van der Waals surface area contributed by atoms with Gasteiger partial charge in [-0.1, -0.05) is 12.1 Å². The van der Waals surface area contributed by atoms with Crippen molar-refractivity contribution in [2.24, 2.45) is 0 Å². The lowest BCUT2D eigenvalue weighted by atomic mass is 10.1. The molecular weight excluding hydrogens is 188 g/mol. The van der Waals surface area contributed by atoms with Gasteiger partial charge in [0.25, 0.3) is 0 Å². The number of aliphatic hydroxyl groups is 1. The van der Waals surface area contributed by atoms with Crippen LogP contribution >= 0.6 is 0 Å². The number of anilines is 1. The van der Waals surface area contributed by atoms with Gasteiger partial charge in [-0.25, -0.2) is 0 Å². The number of aliphatic hydroxyl groups excluding tert-OH is 1. The number of para-hydroxylation sites is 1. The molecule has 1 aliphatic rings. The normalized spacial score (nSPS) is 13.7. The van der Waals surface area contributed by atoms with Crippen molar-refractivity contribution in [2.75, 3.05) is 24.6 Å². The number of rotatable bonds is 3. The summed E-state index contributed by atoms with van der Waals surface area (Å²) in [5, 5.41) is 17.8. The van der Waals surface area contributed by atoms with Crippen LogP contribution in [0.15, 0.2) is 18.2 Å². The molecule has 15 heavy (non-hydrogen) atoms. The molecule has 0 fully saturated rings. The van der Waals surface area contributed by atoms with Crippen molar-refractivity contribution in [3.05, 3.63) is 29.3 Å². The van der Waals surface area contributed by atoms with Crippen LogP contribution in [0.2, 0.25) is 0 Å². The summed E-state index contributed by atoms with van der Waals surface area (Å²) in [4.78, 5) is 2.20. The van der Waals surface area contributed by atoms with Crippen LogP contribution in [0.4, 0.5) is 5.69 Å². The summed E-state index contributed by atoms with van der Waals surface area (Å²) in [6.07, 6.45) is 1.77. The maximum Gasteiger partial charge on any atom is 0.101 e. The largest absolute Gasteiger partial charge is 0.396 e. The summed E-state index contributed by atoms with van der Waals surface area (Å²) in [6.45, 7) is 2.01. The van der Waals surface area contributed by atoms with E-state index in [0.29, 0.717) is 0 Å². The Hall–Kier alpha value is -1.53. The molecule has 1 heterocycles. The molecule has 3 nitrogen and oxygen atoms in total. The maximum absolute atomic E-state index is 9.02. The fourth-order valence-corrected chi connectivity index (χ4v) is 2.11. The molecule has 0 aromatic heterocycles. The Morgan fingerprint density at radius 1 is 1.47 bits per heavy atom. The predicted molar refractivity (Wildman–Crippen MR) is 58.8 cm³/mol. The van der Waals surface area contributed by atoms with E-state index in [1.807, 2.05) is 12.1 Å². The number of nitriles is 1. The number of hydrogen-bond donors (Lipinski definition) is 1. The van der Waals surface area contributed by atoms with Gasteiger partial charge in [0.1, 0.15) is 6.07 Å². The fourth-order valence-electron chi connectivity index (χ4n) is 2.11. The highest BCUT2D eigenvalue weighted by Crippen LogP contribution is 2.31. The molecule has 0 atom stereocenters. The zero-order valence-corrected chi connectivity index (χ0v) is 8.61. The van der Waals surface area contributed by atoms with E-state index in [0.717, 1.165) is 37.2 Å². The van der Waals surface area contributed by atoms with Gasteiger partial charge in [0.05, 0.1) is 11.3 Å². The molecule has 1 aliphatic heterocycles. The van der Waals surface area contributed by atoms with Crippen LogP contribution < -0.4 is 4.90 Å². The van der Waals surface area contributed by atoms with E-state index in [9.17, 15) is 0 Å². The Balaban J connectivity index is 2.28. The zero-order valence-electron chi connectivity index (χ0n) is 8.61. The molecule has 1 aromatic carbocycles. The lowest BCUT2D eigenvalue weighted by Crippen LogP contribution is -2.23. The molecule has 0 saturated carbocycles. The molecule has 1 N–H and O–H groups in total. The molecule has 0 aliphatic carbocycles. The molecule has 78 valence electrons. The number of hydrogen-bond acceptors (Lipinski definition) is 3. The molecule has 1 aromatic rings. The molecule has 2 rings (SSSR count).